The summed E-state index contributed by atoms with van der Waals surface area (Å²) in [6, 6.07) is 2.83. The Kier molecular flexibility index (Phi) is 6.74. The van der Waals surface area contributed by atoms with E-state index in [0.717, 1.165) is 39.1 Å². The van der Waals surface area contributed by atoms with E-state index < -0.39 is 11.9 Å². The Morgan fingerprint density at radius 1 is 1.48 bits per heavy atom. The largest absolute Gasteiger partial charge is 0.377 e. The van der Waals surface area contributed by atoms with Crippen molar-refractivity contribution in [1.29, 1.82) is 0 Å². The number of nitrogens with zero attached hydrogens (tertiary/aromatic N) is 2. The van der Waals surface area contributed by atoms with Gasteiger partial charge in [0.25, 0.3) is 5.91 Å². The molecule has 1 aromatic heterocycles. The molecule has 2 rings (SSSR count). The topological polar surface area (TPSA) is 54.5 Å². The van der Waals surface area contributed by atoms with Crippen LogP contribution in [0.5, 0.6) is 0 Å². The van der Waals surface area contributed by atoms with E-state index in [1.807, 2.05) is 13.8 Å². The summed E-state index contributed by atoms with van der Waals surface area (Å²) in [6.45, 7) is 7.45. The third-order valence-electron chi connectivity index (χ3n) is 3.84. The van der Waals surface area contributed by atoms with E-state index in [1.54, 1.807) is 0 Å². The van der Waals surface area contributed by atoms with Crippen LogP contribution >= 0.6 is 11.6 Å². The molecule has 0 spiro atoms. The lowest BCUT2D eigenvalue weighted by Gasteiger charge is -2.32. The Morgan fingerprint density at radius 3 is 2.78 bits per heavy atom. The first-order valence-corrected chi connectivity index (χ1v) is 8.30. The maximum atomic E-state index is 13.6. The SMILES string of the molecule is CC(C)OCCN1CCC(NC(=O)c2ccc(Cl)nc2F)CC1. The molecule has 7 heteroatoms. The number of ether oxygens (including phenoxy) is 1. The number of amides is 1. The fourth-order valence-corrected chi connectivity index (χ4v) is 2.70. The van der Waals surface area contributed by atoms with Crippen LogP contribution in [-0.2, 0) is 4.74 Å². The second kappa shape index (κ2) is 8.57. The van der Waals surface area contributed by atoms with Gasteiger partial charge in [-0.2, -0.15) is 4.39 Å². The Hall–Kier alpha value is -1.24. The van der Waals surface area contributed by atoms with Crippen LogP contribution in [0.1, 0.15) is 37.0 Å². The number of likely N-dealkylation sites (tertiary alicyclic amines) is 1. The highest BCUT2D eigenvalue weighted by atomic mass is 35.5. The van der Waals surface area contributed by atoms with E-state index in [1.165, 1.54) is 12.1 Å². The molecular formula is C16H23ClFN3O2. The van der Waals surface area contributed by atoms with Crippen molar-refractivity contribution in [2.75, 3.05) is 26.2 Å². The van der Waals surface area contributed by atoms with Gasteiger partial charge in [0, 0.05) is 25.7 Å². The van der Waals surface area contributed by atoms with Crippen molar-refractivity contribution in [3.8, 4) is 0 Å². The summed E-state index contributed by atoms with van der Waals surface area (Å²) in [7, 11) is 0. The van der Waals surface area contributed by atoms with Crippen LogP contribution in [-0.4, -0.2) is 54.2 Å². The Labute approximate surface area is 141 Å². The molecular weight excluding hydrogens is 321 g/mol. The Balaban J connectivity index is 1.76. The molecule has 0 atom stereocenters. The first kappa shape index (κ1) is 18.1. The molecule has 2 heterocycles. The monoisotopic (exact) mass is 343 g/mol. The normalized spacial score (nSPS) is 16.7. The quantitative estimate of drug-likeness (QED) is 0.806. The van der Waals surface area contributed by atoms with Crippen LogP contribution in [0.3, 0.4) is 0 Å². The first-order chi connectivity index (χ1) is 11.0. The van der Waals surface area contributed by atoms with Gasteiger partial charge >= 0.3 is 0 Å². The van der Waals surface area contributed by atoms with Crippen LogP contribution in [0.25, 0.3) is 0 Å². The maximum Gasteiger partial charge on any atom is 0.256 e. The van der Waals surface area contributed by atoms with Crippen molar-refractivity contribution >= 4 is 17.5 Å². The zero-order valence-electron chi connectivity index (χ0n) is 13.5. The molecule has 0 bridgehead atoms. The van der Waals surface area contributed by atoms with E-state index in [9.17, 15) is 9.18 Å². The summed E-state index contributed by atoms with van der Waals surface area (Å²) < 4.78 is 19.2. The second-order valence-corrected chi connectivity index (χ2v) is 6.37. The van der Waals surface area contributed by atoms with Gasteiger partial charge in [0.05, 0.1) is 18.3 Å². The van der Waals surface area contributed by atoms with E-state index in [2.05, 4.69) is 15.2 Å². The number of hydrogen-bond donors (Lipinski definition) is 1. The zero-order valence-corrected chi connectivity index (χ0v) is 14.3. The van der Waals surface area contributed by atoms with Crippen molar-refractivity contribution in [2.45, 2.75) is 38.8 Å². The number of carbonyl (C=O) groups is 1. The minimum atomic E-state index is -0.835. The van der Waals surface area contributed by atoms with E-state index in [4.69, 9.17) is 16.3 Å². The number of nitrogens with one attached hydrogen (secondary N) is 1. The van der Waals surface area contributed by atoms with Crippen molar-refractivity contribution in [1.82, 2.24) is 15.2 Å². The van der Waals surface area contributed by atoms with Crippen LogP contribution < -0.4 is 5.32 Å². The molecule has 0 unspecified atom stereocenters. The number of pyridine rings is 1. The maximum absolute atomic E-state index is 13.6. The fourth-order valence-electron chi connectivity index (χ4n) is 2.56. The lowest BCUT2D eigenvalue weighted by Crippen LogP contribution is -2.45. The number of rotatable bonds is 6. The highest BCUT2D eigenvalue weighted by Crippen LogP contribution is 2.13. The average Bonchev–Trinajstić information content (AvgIpc) is 2.48. The molecule has 0 aromatic carbocycles. The predicted molar refractivity (Wildman–Crippen MR) is 87.2 cm³/mol. The van der Waals surface area contributed by atoms with Gasteiger partial charge in [0.15, 0.2) is 0 Å². The number of halogens is 2. The van der Waals surface area contributed by atoms with Gasteiger partial charge < -0.3 is 15.0 Å². The van der Waals surface area contributed by atoms with Gasteiger partial charge in [-0.05, 0) is 38.8 Å². The first-order valence-electron chi connectivity index (χ1n) is 7.92. The van der Waals surface area contributed by atoms with Crippen molar-refractivity contribution < 1.29 is 13.9 Å². The highest BCUT2D eigenvalue weighted by Gasteiger charge is 2.22. The van der Waals surface area contributed by atoms with Crippen LogP contribution in [0.15, 0.2) is 12.1 Å². The zero-order chi connectivity index (χ0) is 16.8. The smallest absolute Gasteiger partial charge is 0.256 e. The lowest BCUT2D eigenvalue weighted by atomic mass is 10.0. The minimum absolute atomic E-state index is 0.0379. The number of hydrogen-bond acceptors (Lipinski definition) is 4. The Bertz CT molecular complexity index is 534. The summed E-state index contributed by atoms with van der Waals surface area (Å²) in [4.78, 5) is 17.9. The molecule has 1 aromatic rings. The minimum Gasteiger partial charge on any atom is -0.377 e. The summed E-state index contributed by atoms with van der Waals surface area (Å²) in [5, 5.41) is 2.91. The van der Waals surface area contributed by atoms with Gasteiger partial charge in [-0.1, -0.05) is 11.6 Å². The van der Waals surface area contributed by atoms with E-state index in [-0.39, 0.29) is 22.9 Å². The van der Waals surface area contributed by atoms with E-state index >= 15 is 0 Å². The standard InChI is InChI=1S/C16H23ClFN3O2/c1-11(2)23-10-9-21-7-5-12(6-8-21)19-16(22)13-3-4-14(17)20-15(13)18/h3-4,11-12H,5-10H2,1-2H3,(H,19,22). The van der Waals surface area contributed by atoms with Crippen molar-refractivity contribution in [3.05, 3.63) is 28.8 Å². The molecule has 1 saturated heterocycles. The summed E-state index contributed by atoms with van der Waals surface area (Å²) in [5.41, 5.74) is -0.0674. The van der Waals surface area contributed by atoms with Crippen LogP contribution in [0.4, 0.5) is 4.39 Å². The van der Waals surface area contributed by atoms with Gasteiger partial charge in [-0.15, -0.1) is 0 Å². The summed E-state index contributed by atoms with van der Waals surface area (Å²) in [6.07, 6.45) is 1.93. The third-order valence-corrected chi connectivity index (χ3v) is 4.05. The second-order valence-electron chi connectivity index (χ2n) is 5.98. The lowest BCUT2D eigenvalue weighted by molar-refractivity contribution is 0.0520. The molecule has 1 fully saturated rings. The molecule has 0 radical (unpaired) electrons. The molecule has 0 aliphatic carbocycles. The molecule has 5 nitrogen and oxygen atoms in total. The highest BCUT2D eigenvalue weighted by molar-refractivity contribution is 6.29. The van der Waals surface area contributed by atoms with Gasteiger partial charge in [-0.3, -0.25) is 4.79 Å². The van der Waals surface area contributed by atoms with Gasteiger partial charge in [0.2, 0.25) is 5.95 Å². The average molecular weight is 344 g/mol. The van der Waals surface area contributed by atoms with Gasteiger partial charge in [-0.25, -0.2) is 4.98 Å². The summed E-state index contributed by atoms with van der Waals surface area (Å²) >= 11 is 5.59. The molecule has 23 heavy (non-hydrogen) atoms. The van der Waals surface area contributed by atoms with E-state index in [0.29, 0.717) is 0 Å². The van der Waals surface area contributed by atoms with Crippen molar-refractivity contribution in [3.63, 3.8) is 0 Å². The molecule has 0 saturated carbocycles. The molecule has 1 aliphatic rings. The van der Waals surface area contributed by atoms with Crippen LogP contribution in [0.2, 0.25) is 5.15 Å². The Morgan fingerprint density at radius 2 is 2.17 bits per heavy atom. The molecule has 1 amide bonds. The summed E-state index contributed by atoms with van der Waals surface area (Å²) in [5.74, 6) is -1.27. The van der Waals surface area contributed by atoms with Gasteiger partial charge in [0.1, 0.15) is 5.15 Å². The van der Waals surface area contributed by atoms with Crippen molar-refractivity contribution in [2.24, 2.45) is 0 Å². The number of carbonyl (C=O) groups excluding carboxylic acids is 1. The number of aromatic nitrogens is 1. The number of piperidine rings is 1. The predicted octanol–water partition coefficient (Wildman–Crippen LogP) is 2.49. The van der Waals surface area contributed by atoms with Crippen LogP contribution in [0, 0.1) is 5.95 Å². The molecule has 1 aliphatic heterocycles. The fraction of sp³-hybridized carbons (Fsp3) is 0.625. The molecule has 1 N–H and O–H groups in total. The molecule has 128 valence electrons. The third kappa shape index (κ3) is 5.71.